The van der Waals surface area contributed by atoms with Crippen LogP contribution in [0.5, 0.6) is 0 Å². The molecular weight excluding hydrogens is 384 g/mol. The summed E-state index contributed by atoms with van der Waals surface area (Å²) in [6.45, 7) is 4.97. The van der Waals surface area contributed by atoms with E-state index in [9.17, 15) is 4.79 Å². The van der Waals surface area contributed by atoms with Crippen LogP contribution in [0.1, 0.15) is 11.1 Å². The Labute approximate surface area is 175 Å². The first-order valence-corrected chi connectivity index (χ1v) is 10.1. The number of benzene rings is 2. The third-order valence-corrected chi connectivity index (χ3v) is 5.47. The highest BCUT2D eigenvalue weighted by Gasteiger charge is 2.22. The number of halogens is 1. The van der Waals surface area contributed by atoms with Crippen molar-refractivity contribution in [2.24, 2.45) is 0 Å². The number of hydrogen-bond acceptors (Lipinski definition) is 4. The van der Waals surface area contributed by atoms with E-state index in [1.165, 1.54) is 5.56 Å². The van der Waals surface area contributed by atoms with Crippen LogP contribution in [0.4, 0.5) is 5.82 Å². The fraction of sp³-hybridized carbons (Fsp3) is 0.261. The van der Waals surface area contributed by atoms with E-state index < -0.39 is 0 Å². The Morgan fingerprint density at radius 1 is 0.897 bits per heavy atom. The van der Waals surface area contributed by atoms with E-state index in [-0.39, 0.29) is 5.91 Å². The minimum Gasteiger partial charge on any atom is -0.352 e. The topological polar surface area (TPSA) is 49.3 Å². The van der Waals surface area contributed by atoms with Crippen LogP contribution in [0.15, 0.2) is 60.7 Å². The lowest BCUT2D eigenvalue weighted by molar-refractivity contribution is -0.130. The maximum Gasteiger partial charge on any atom is 0.227 e. The summed E-state index contributed by atoms with van der Waals surface area (Å²) in [7, 11) is 0. The molecule has 5 nitrogen and oxygen atoms in total. The van der Waals surface area contributed by atoms with Gasteiger partial charge in [-0.1, -0.05) is 53.6 Å². The highest BCUT2D eigenvalue weighted by atomic mass is 35.5. The molecule has 1 saturated heterocycles. The monoisotopic (exact) mass is 406 g/mol. The fourth-order valence-corrected chi connectivity index (χ4v) is 3.57. The molecule has 0 aliphatic carbocycles. The van der Waals surface area contributed by atoms with Crippen LogP contribution in [0, 0.1) is 6.92 Å². The molecule has 0 spiro atoms. The SMILES string of the molecule is Cc1ccc(CC(=O)N2CCN(c3ccc(-c4ccc(Cl)cc4)nn3)CC2)cc1. The van der Waals surface area contributed by atoms with Gasteiger partial charge < -0.3 is 9.80 Å². The Morgan fingerprint density at radius 2 is 1.59 bits per heavy atom. The lowest BCUT2D eigenvalue weighted by Gasteiger charge is -2.35. The lowest BCUT2D eigenvalue weighted by atomic mass is 10.1. The predicted molar refractivity (Wildman–Crippen MR) is 116 cm³/mol. The number of carbonyl (C=O) groups excluding carboxylic acids is 1. The van der Waals surface area contributed by atoms with E-state index in [1.54, 1.807) is 0 Å². The summed E-state index contributed by atoms with van der Waals surface area (Å²) in [6.07, 6.45) is 0.454. The van der Waals surface area contributed by atoms with Crippen molar-refractivity contribution < 1.29 is 4.79 Å². The molecule has 2 heterocycles. The van der Waals surface area contributed by atoms with Gasteiger partial charge in [0.25, 0.3) is 0 Å². The van der Waals surface area contributed by atoms with Crippen LogP contribution in [0.2, 0.25) is 5.02 Å². The Bertz CT molecular complexity index is 963. The molecule has 0 N–H and O–H groups in total. The molecule has 4 rings (SSSR count). The second kappa shape index (κ2) is 8.62. The minimum absolute atomic E-state index is 0.178. The molecular formula is C23H23ClN4O. The molecule has 1 aromatic heterocycles. The van der Waals surface area contributed by atoms with Gasteiger partial charge in [-0.05, 0) is 36.8 Å². The van der Waals surface area contributed by atoms with Crippen LogP contribution in [-0.2, 0) is 11.2 Å². The average Bonchev–Trinajstić information content (AvgIpc) is 2.76. The largest absolute Gasteiger partial charge is 0.352 e. The summed E-state index contributed by atoms with van der Waals surface area (Å²) in [5.41, 5.74) is 4.07. The van der Waals surface area contributed by atoms with Gasteiger partial charge in [0.2, 0.25) is 5.91 Å². The van der Waals surface area contributed by atoms with Gasteiger partial charge >= 0.3 is 0 Å². The van der Waals surface area contributed by atoms with E-state index in [0.29, 0.717) is 24.5 Å². The van der Waals surface area contributed by atoms with Gasteiger partial charge in [0.15, 0.2) is 5.82 Å². The van der Waals surface area contributed by atoms with Gasteiger partial charge in [0.1, 0.15) is 0 Å². The van der Waals surface area contributed by atoms with Crippen LogP contribution >= 0.6 is 11.6 Å². The first-order chi connectivity index (χ1) is 14.1. The van der Waals surface area contributed by atoms with Gasteiger partial charge in [0.05, 0.1) is 12.1 Å². The molecule has 0 unspecified atom stereocenters. The fourth-order valence-electron chi connectivity index (χ4n) is 3.45. The van der Waals surface area contributed by atoms with Crippen LogP contribution in [-0.4, -0.2) is 47.2 Å². The molecule has 6 heteroatoms. The zero-order valence-electron chi connectivity index (χ0n) is 16.4. The highest BCUT2D eigenvalue weighted by Crippen LogP contribution is 2.21. The Kier molecular flexibility index (Phi) is 5.76. The third kappa shape index (κ3) is 4.74. The van der Waals surface area contributed by atoms with Crippen molar-refractivity contribution in [3.63, 3.8) is 0 Å². The summed E-state index contributed by atoms with van der Waals surface area (Å²) in [5.74, 6) is 1.02. The van der Waals surface area contributed by atoms with Crippen molar-refractivity contribution in [3.05, 3.63) is 76.8 Å². The van der Waals surface area contributed by atoms with Crippen molar-refractivity contribution in [1.82, 2.24) is 15.1 Å². The van der Waals surface area contributed by atoms with Crippen molar-refractivity contribution in [1.29, 1.82) is 0 Å². The minimum atomic E-state index is 0.178. The molecule has 1 aliphatic rings. The predicted octanol–water partition coefficient (Wildman–Crippen LogP) is 4.00. The molecule has 0 bridgehead atoms. The smallest absolute Gasteiger partial charge is 0.227 e. The molecule has 29 heavy (non-hydrogen) atoms. The summed E-state index contributed by atoms with van der Waals surface area (Å²) < 4.78 is 0. The number of nitrogens with zero attached hydrogens (tertiary/aromatic N) is 4. The van der Waals surface area contributed by atoms with Crippen molar-refractivity contribution in [2.45, 2.75) is 13.3 Å². The highest BCUT2D eigenvalue weighted by molar-refractivity contribution is 6.30. The number of anilines is 1. The first-order valence-electron chi connectivity index (χ1n) is 9.76. The summed E-state index contributed by atoms with van der Waals surface area (Å²) in [5, 5.41) is 9.44. The summed E-state index contributed by atoms with van der Waals surface area (Å²) >= 11 is 5.94. The van der Waals surface area contributed by atoms with Gasteiger partial charge in [0, 0.05) is 36.8 Å². The van der Waals surface area contributed by atoms with Crippen molar-refractivity contribution in [2.75, 3.05) is 31.1 Å². The van der Waals surface area contributed by atoms with Crippen molar-refractivity contribution in [3.8, 4) is 11.3 Å². The van der Waals surface area contributed by atoms with E-state index in [2.05, 4.69) is 22.0 Å². The van der Waals surface area contributed by atoms with E-state index >= 15 is 0 Å². The number of aryl methyl sites for hydroxylation is 1. The summed E-state index contributed by atoms with van der Waals surface area (Å²) in [4.78, 5) is 16.7. The Hall–Kier alpha value is -2.92. The zero-order chi connectivity index (χ0) is 20.2. The molecule has 148 valence electrons. The van der Waals surface area contributed by atoms with Gasteiger partial charge in [-0.25, -0.2) is 0 Å². The maximum absolute atomic E-state index is 12.6. The Balaban J connectivity index is 1.33. The molecule has 1 amide bonds. The number of piperazine rings is 1. The van der Waals surface area contributed by atoms with Crippen LogP contribution in [0.25, 0.3) is 11.3 Å². The average molecular weight is 407 g/mol. The lowest BCUT2D eigenvalue weighted by Crippen LogP contribution is -2.49. The van der Waals surface area contributed by atoms with Crippen LogP contribution < -0.4 is 4.90 Å². The number of hydrogen-bond donors (Lipinski definition) is 0. The molecule has 3 aromatic rings. The molecule has 2 aromatic carbocycles. The van der Waals surface area contributed by atoms with Crippen molar-refractivity contribution >= 4 is 23.3 Å². The second-order valence-electron chi connectivity index (χ2n) is 7.31. The van der Waals surface area contributed by atoms with Crippen LogP contribution in [0.3, 0.4) is 0 Å². The van der Waals surface area contributed by atoms with Gasteiger partial charge in [-0.3, -0.25) is 4.79 Å². The second-order valence-corrected chi connectivity index (χ2v) is 7.75. The Morgan fingerprint density at radius 3 is 2.21 bits per heavy atom. The van der Waals surface area contributed by atoms with E-state index in [1.807, 2.05) is 65.6 Å². The number of amides is 1. The van der Waals surface area contributed by atoms with E-state index in [0.717, 1.165) is 35.7 Å². The number of rotatable bonds is 4. The summed E-state index contributed by atoms with van der Waals surface area (Å²) in [6, 6.07) is 19.7. The number of carbonyl (C=O) groups is 1. The molecule has 0 saturated carbocycles. The first kappa shape index (κ1) is 19.4. The quantitative estimate of drug-likeness (QED) is 0.657. The molecule has 1 aliphatic heterocycles. The molecule has 0 atom stereocenters. The van der Waals surface area contributed by atoms with Gasteiger partial charge in [-0.15, -0.1) is 10.2 Å². The van der Waals surface area contributed by atoms with Gasteiger partial charge in [-0.2, -0.15) is 0 Å². The maximum atomic E-state index is 12.6. The zero-order valence-corrected chi connectivity index (χ0v) is 17.1. The normalized spacial score (nSPS) is 14.1. The standard InChI is InChI=1S/C23H23ClN4O/c1-17-2-4-18(5-3-17)16-23(29)28-14-12-27(13-15-28)22-11-10-21(25-26-22)19-6-8-20(24)9-7-19/h2-11H,12-16H2,1H3. The van der Waals surface area contributed by atoms with E-state index in [4.69, 9.17) is 11.6 Å². The third-order valence-electron chi connectivity index (χ3n) is 5.22. The molecule has 0 radical (unpaired) electrons. The molecule has 1 fully saturated rings. The number of aromatic nitrogens is 2.